The van der Waals surface area contributed by atoms with E-state index in [9.17, 15) is 4.79 Å². The van der Waals surface area contributed by atoms with Crippen molar-refractivity contribution in [3.8, 4) is 0 Å². The van der Waals surface area contributed by atoms with Crippen LogP contribution in [0, 0.1) is 11.6 Å². The third-order valence-corrected chi connectivity index (χ3v) is 2.39. The number of carbonyl (C=O) groups is 1. The van der Waals surface area contributed by atoms with E-state index in [0.717, 1.165) is 5.56 Å². The van der Waals surface area contributed by atoms with Gasteiger partial charge in [-0.25, -0.2) is 4.79 Å². The van der Waals surface area contributed by atoms with E-state index in [0.29, 0.717) is 29.0 Å². The number of aryl methyl sites for hydroxylation is 1. The number of H-pyrrole nitrogens is 1. The number of nitrogens with two attached hydrogens (primary N) is 1. The minimum Gasteiger partial charge on any atom is -0.462 e. The summed E-state index contributed by atoms with van der Waals surface area (Å²) in [5.74, 6) is -0.351. The second kappa shape index (κ2) is 5.04. The maximum absolute atomic E-state index is 11.5. The molecule has 1 heterocycles. The van der Waals surface area contributed by atoms with E-state index in [1.807, 2.05) is 0 Å². The molecule has 0 radical (unpaired) electrons. The molecule has 3 N–H and O–H groups in total. The van der Waals surface area contributed by atoms with Crippen molar-refractivity contribution in [2.75, 3.05) is 6.61 Å². The van der Waals surface area contributed by atoms with Crippen molar-refractivity contribution in [2.24, 2.45) is 5.73 Å². The molecule has 1 aromatic rings. The molecule has 82 valence electrons. The number of aromatic amines is 1. The van der Waals surface area contributed by atoms with Gasteiger partial charge in [-0.05, 0) is 19.9 Å². The molecule has 5 heteroatoms. The summed E-state index contributed by atoms with van der Waals surface area (Å²) in [5.41, 5.74) is 7.45. The zero-order valence-corrected chi connectivity index (χ0v) is 9.61. The first kappa shape index (κ1) is 11.9. The first-order chi connectivity index (χ1) is 7.10. The number of esters is 1. The lowest BCUT2D eigenvalue weighted by molar-refractivity contribution is 0.0525. The molecule has 0 aromatic carbocycles. The normalized spacial score (nSPS) is 10.1. The van der Waals surface area contributed by atoms with Gasteiger partial charge in [0, 0.05) is 17.8 Å². The zero-order chi connectivity index (χ0) is 11.4. The predicted octanol–water partition coefficient (Wildman–Crippen LogP) is 1.69. The van der Waals surface area contributed by atoms with Crippen LogP contribution >= 0.6 is 12.2 Å². The number of hydrogen-bond acceptors (Lipinski definition) is 4. The molecule has 0 fully saturated rings. The highest BCUT2D eigenvalue weighted by molar-refractivity contribution is 7.71. The van der Waals surface area contributed by atoms with Gasteiger partial charge in [0.25, 0.3) is 0 Å². The molecule has 0 aliphatic carbocycles. The molecule has 0 unspecified atom stereocenters. The Morgan fingerprint density at radius 3 is 2.87 bits per heavy atom. The molecule has 0 atom stereocenters. The van der Waals surface area contributed by atoms with Crippen LogP contribution in [0.15, 0.2) is 6.07 Å². The van der Waals surface area contributed by atoms with Gasteiger partial charge in [0.15, 0.2) is 0 Å². The van der Waals surface area contributed by atoms with Crippen LogP contribution in [-0.2, 0) is 11.3 Å². The molecule has 15 heavy (non-hydrogen) atoms. The largest absolute Gasteiger partial charge is 0.462 e. The quantitative estimate of drug-likeness (QED) is 0.608. The van der Waals surface area contributed by atoms with Crippen LogP contribution in [0.4, 0.5) is 0 Å². The minimum absolute atomic E-state index is 0.308. The summed E-state index contributed by atoms with van der Waals surface area (Å²) in [4.78, 5) is 14.5. The summed E-state index contributed by atoms with van der Waals surface area (Å²) < 4.78 is 5.49. The number of carbonyl (C=O) groups excluding carboxylic acids is 1. The molecule has 0 saturated heterocycles. The van der Waals surface area contributed by atoms with Crippen LogP contribution in [0.3, 0.4) is 0 Å². The Hall–Kier alpha value is -1.20. The Morgan fingerprint density at radius 1 is 1.67 bits per heavy atom. The standard InChI is InChI=1S/C10H14N2O2S/c1-3-14-10(13)8-4-7(5-11)9(15)12-6(8)2/h4H,3,5,11H2,1-2H3,(H,12,15). The lowest BCUT2D eigenvalue weighted by atomic mass is 10.1. The van der Waals surface area contributed by atoms with Crippen molar-refractivity contribution >= 4 is 18.2 Å². The number of aromatic nitrogens is 1. The van der Waals surface area contributed by atoms with Crippen LogP contribution in [0.1, 0.15) is 28.5 Å². The van der Waals surface area contributed by atoms with Crippen LogP contribution in [-0.4, -0.2) is 17.6 Å². The molecular weight excluding hydrogens is 212 g/mol. The highest BCUT2D eigenvalue weighted by atomic mass is 32.1. The maximum atomic E-state index is 11.5. The molecule has 0 spiro atoms. The van der Waals surface area contributed by atoms with Crippen molar-refractivity contribution in [3.63, 3.8) is 0 Å². The third kappa shape index (κ3) is 2.64. The third-order valence-electron chi connectivity index (χ3n) is 2.03. The molecule has 0 bridgehead atoms. The molecule has 1 rings (SSSR count). The van der Waals surface area contributed by atoms with E-state index in [2.05, 4.69) is 4.98 Å². The van der Waals surface area contributed by atoms with Gasteiger partial charge in [-0.1, -0.05) is 12.2 Å². The maximum Gasteiger partial charge on any atom is 0.339 e. The van der Waals surface area contributed by atoms with Crippen LogP contribution in [0.2, 0.25) is 0 Å². The smallest absolute Gasteiger partial charge is 0.339 e. The zero-order valence-electron chi connectivity index (χ0n) is 8.79. The Morgan fingerprint density at radius 2 is 2.33 bits per heavy atom. The number of rotatable bonds is 3. The first-order valence-corrected chi connectivity index (χ1v) is 5.11. The first-order valence-electron chi connectivity index (χ1n) is 4.70. The molecule has 0 aliphatic heterocycles. The summed E-state index contributed by atoms with van der Waals surface area (Å²) in [7, 11) is 0. The fourth-order valence-corrected chi connectivity index (χ4v) is 1.53. The monoisotopic (exact) mass is 226 g/mol. The van der Waals surface area contributed by atoms with Gasteiger partial charge in [-0.15, -0.1) is 0 Å². The average molecular weight is 226 g/mol. The number of nitrogens with one attached hydrogen (secondary N) is 1. The van der Waals surface area contributed by atoms with Gasteiger partial charge < -0.3 is 15.5 Å². The van der Waals surface area contributed by atoms with Gasteiger partial charge >= 0.3 is 5.97 Å². The van der Waals surface area contributed by atoms with Crippen molar-refractivity contribution in [3.05, 3.63) is 27.5 Å². The number of hydrogen-bond donors (Lipinski definition) is 2. The summed E-state index contributed by atoms with van der Waals surface area (Å²) >= 11 is 5.06. The van der Waals surface area contributed by atoms with E-state index in [1.54, 1.807) is 19.9 Å². The highest BCUT2D eigenvalue weighted by Crippen LogP contribution is 2.11. The van der Waals surface area contributed by atoms with Gasteiger partial charge in [-0.2, -0.15) is 0 Å². The average Bonchev–Trinajstić information content (AvgIpc) is 2.18. The van der Waals surface area contributed by atoms with Gasteiger partial charge in [-0.3, -0.25) is 0 Å². The minimum atomic E-state index is -0.351. The van der Waals surface area contributed by atoms with E-state index in [4.69, 9.17) is 22.7 Å². The Balaban J connectivity index is 3.18. The van der Waals surface area contributed by atoms with Gasteiger partial charge in [0.1, 0.15) is 4.64 Å². The lowest BCUT2D eigenvalue weighted by Gasteiger charge is -2.07. The van der Waals surface area contributed by atoms with Crippen molar-refractivity contribution in [1.82, 2.24) is 4.98 Å². The Kier molecular flexibility index (Phi) is 3.99. The molecule has 0 amide bonds. The fourth-order valence-electron chi connectivity index (χ4n) is 1.24. The van der Waals surface area contributed by atoms with Crippen LogP contribution in [0.5, 0.6) is 0 Å². The molecule has 1 aromatic heterocycles. The fraction of sp³-hybridized carbons (Fsp3) is 0.400. The highest BCUT2D eigenvalue weighted by Gasteiger charge is 2.11. The molecule has 4 nitrogen and oxygen atoms in total. The second-order valence-corrected chi connectivity index (χ2v) is 3.50. The van der Waals surface area contributed by atoms with Crippen molar-refractivity contribution in [1.29, 1.82) is 0 Å². The molecular formula is C10H14N2O2S. The summed E-state index contributed by atoms with van der Waals surface area (Å²) in [6, 6.07) is 1.69. The van der Waals surface area contributed by atoms with E-state index in [-0.39, 0.29) is 5.97 Å². The Bertz CT molecular complexity index is 426. The second-order valence-electron chi connectivity index (χ2n) is 3.09. The lowest BCUT2D eigenvalue weighted by Crippen LogP contribution is -2.10. The van der Waals surface area contributed by atoms with Gasteiger partial charge in [0.05, 0.1) is 12.2 Å². The number of pyridine rings is 1. The van der Waals surface area contributed by atoms with Gasteiger partial charge in [0.2, 0.25) is 0 Å². The Labute approximate surface area is 93.4 Å². The summed E-state index contributed by atoms with van der Waals surface area (Å²) in [5, 5.41) is 0. The molecule has 0 aliphatic rings. The topological polar surface area (TPSA) is 68.1 Å². The van der Waals surface area contributed by atoms with Crippen LogP contribution in [0.25, 0.3) is 0 Å². The van der Waals surface area contributed by atoms with E-state index < -0.39 is 0 Å². The van der Waals surface area contributed by atoms with Crippen molar-refractivity contribution < 1.29 is 9.53 Å². The summed E-state index contributed by atoms with van der Waals surface area (Å²) in [6.07, 6.45) is 0. The van der Waals surface area contributed by atoms with Crippen LogP contribution < -0.4 is 5.73 Å². The predicted molar refractivity (Wildman–Crippen MR) is 60.2 cm³/mol. The SMILES string of the molecule is CCOC(=O)c1cc(CN)c(=S)[nH]c1C. The number of ether oxygens (including phenoxy) is 1. The summed E-state index contributed by atoms with van der Waals surface area (Å²) in [6.45, 7) is 4.21. The van der Waals surface area contributed by atoms with E-state index >= 15 is 0 Å². The van der Waals surface area contributed by atoms with Crippen molar-refractivity contribution in [2.45, 2.75) is 20.4 Å². The van der Waals surface area contributed by atoms with E-state index in [1.165, 1.54) is 0 Å². The molecule has 0 saturated carbocycles.